The van der Waals surface area contributed by atoms with Crippen LogP contribution in [0.3, 0.4) is 0 Å². The lowest BCUT2D eigenvalue weighted by molar-refractivity contribution is -0.0184. The maximum atomic E-state index is 12.0. The smallest absolute Gasteiger partial charge is 0.373 e. The molecule has 0 spiro atoms. The van der Waals surface area contributed by atoms with Crippen LogP contribution in [0.4, 0.5) is 8.78 Å². The van der Waals surface area contributed by atoms with Gasteiger partial charge in [-0.1, -0.05) is 0 Å². The minimum absolute atomic E-state index is 0.220. The van der Waals surface area contributed by atoms with E-state index in [2.05, 4.69) is 9.15 Å². The molecule has 0 aromatic carbocycles. The molecule has 0 aliphatic heterocycles. The van der Waals surface area contributed by atoms with Crippen molar-refractivity contribution in [2.24, 2.45) is 0 Å². The molecule has 1 atom stereocenters. The van der Waals surface area contributed by atoms with E-state index in [4.69, 9.17) is 5.11 Å². The summed E-state index contributed by atoms with van der Waals surface area (Å²) in [6, 6.07) is 2.26. The molecule has 4 nitrogen and oxygen atoms in total. The quantitative estimate of drug-likeness (QED) is 0.758. The number of methoxy groups -OCH3 is 1. The first kappa shape index (κ1) is 10.6. The van der Waals surface area contributed by atoms with Crippen LogP contribution in [0.15, 0.2) is 16.5 Å². The van der Waals surface area contributed by atoms with Crippen LogP contribution in [0.5, 0.6) is 0 Å². The van der Waals surface area contributed by atoms with Crippen LogP contribution in [0.25, 0.3) is 0 Å². The first-order chi connectivity index (χ1) is 6.56. The van der Waals surface area contributed by atoms with Crippen LogP contribution in [-0.4, -0.2) is 24.6 Å². The number of furan rings is 1. The van der Waals surface area contributed by atoms with Gasteiger partial charge in [0.2, 0.25) is 5.76 Å². The van der Waals surface area contributed by atoms with E-state index in [-0.39, 0.29) is 11.5 Å². The summed E-state index contributed by atoms with van der Waals surface area (Å²) in [4.78, 5) is 10.8. The molecule has 0 saturated carbocycles. The predicted molar refractivity (Wildman–Crippen MR) is 41.0 cm³/mol. The molecule has 1 heterocycles. The second-order valence-electron chi connectivity index (χ2n) is 2.47. The van der Waals surface area contributed by atoms with Crippen LogP contribution in [0.1, 0.15) is 22.4 Å². The SMILES string of the molecule is COC(=O)c1ccc(C(O)C(F)F)o1. The molecule has 0 radical (unpaired) electrons. The summed E-state index contributed by atoms with van der Waals surface area (Å²) < 4.78 is 32.9. The van der Waals surface area contributed by atoms with Crippen molar-refractivity contribution in [3.8, 4) is 0 Å². The zero-order valence-corrected chi connectivity index (χ0v) is 7.24. The molecule has 0 aliphatic rings. The van der Waals surface area contributed by atoms with Gasteiger partial charge in [0, 0.05) is 0 Å². The third kappa shape index (κ3) is 2.08. The molecule has 0 amide bonds. The standard InChI is InChI=1S/C8H8F2O4/c1-13-8(12)5-3-2-4(14-5)6(11)7(9)10/h2-3,6-7,11H,1H3. The third-order valence-corrected chi connectivity index (χ3v) is 1.54. The minimum Gasteiger partial charge on any atom is -0.463 e. The lowest BCUT2D eigenvalue weighted by Crippen LogP contribution is -2.06. The van der Waals surface area contributed by atoms with E-state index in [0.29, 0.717) is 0 Å². The van der Waals surface area contributed by atoms with Crippen molar-refractivity contribution in [1.29, 1.82) is 0 Å². The Morgan fingerprint density at radius 2 is 2.21 bits per heavy atom. The van der Waals surface area contributed by atoms with Gasteiger partial charge >= 0.3 is 5.97 Å². The van der Waals surface area contributed by atoms with E-state index in [0.717, 1.165) is 19.2 Å². The maximum Gasteiger partial charge on any atom is 0.373 e. The molecule has 78 valence electrons. The monoisotopic (exact) mass is 206 g/mol. The van der Waals surface area contributed by atoms with Gasteiger partial charge in [-0.15, -0.1) is 0 Å². The minimum atomic E-state index is -2.95. The lowest BCUT2D eigenvalue weighted by Gasteiger charge is -2.04. The summed E-state index contributed by atoms with van der Waals surface area (Å²) in [7, 11) is 1.13. The number of hydrogen-bond donors (Lipinski definition) is 1. The number of halogens is 2. The fourth-order valence-corrected chi connectivity index (χ4v) is 0.846. The second kappa shape index (κ2) is 4.19. The van der Waals surface area contributed by atoms with Crippen molar-refractivity contribution in [3.63, 3.8) is 0 Å². The maximum absolute atomic E-state index is 12.0. The zero-order chi connectivity index (χ0) is 10.7. The number of rotatable bonds is 3. The molecule has 1 N–H and O–H groups in total. The largest absolute Gasteiger partial charge is 0.463 e. The highest BCUT2D eigenvalue weighted by molar-refractivity contribution is 5.86. The Balaban J connectivity index is 2.82. The predicted octanol–water partition coefficient (Wildman–Crippen LogP) is 1.36. The molecule has 1 unspecified atom stereocenters. The molecular formula is C8H8F2O4. The Morgan fingerprint density at radius 1 is 1.57 bits per heavy atom. The van der Waals surface area contributed by atoms with Crippen LogP contribution in [-0.2, 0) is 4.74 Å². The fourth-order valence-electron chi connectivity index (χ4n) is 0.846. The van der Waals surface area contributed by atoms with Gasteiger partial charge < -0.3 is 14.3 Å². The topological polar surface area (TPSA) is 59.7 Å². The number of carbonyl (C=O) groups excluding carboxylic acids is 1. The molecule has 6 heteroatoms. The van der Waals surface area contributed by atoms with E-state index in [9.17, 15) is 13.6 Å². The van der Waals surface area contributed by atoms with Gasteiger partial charge in [-0.3, -0.25) is 0 Å². The number of hydrogen-bond acceptors (Lipinski definition) is 4. The Kier molecular flexibility index (Phi) is 3.19. The molecule has 14 heavy (non-hydrogen) atoms. The van der Waals surface area contributed by atoms with Crippen molar-refractivity contribution in [2.75, 3.05) is 7.11 Å². The summed E-state index contributed by atoms with van der Waals surface area (Å²) in [5, 5.41) is 8.87. The summed E-state index contributed by atoms with van der Waals surface area (Å²) in [6.45, 7) is 0. The summed E-state index contributed by atoms with van der Waals surface area (Å²) in [5.41, 5.74) is 0. The number of carbonyl (C=O) groups is 1. The third-order valence-electron chi connectivity index (χ3n) is 1.54. The van der Waals surface area contributed by atoms with Crippen molar-refractivity contribution in [3.05, 3.63) is 23.7 Å². The Labute approximate surface area is 78.1 Å². The number of esters is 1. The molecular weight excluding hydrogens is 198 g/mol. The second-order valence-corrected chi connectivity index (χ2v) is 2.47. The zero-order valence-electron chi connectivity index (χ0n) is 7.24. The Morgan fingerprint density at radius 3 is 2.71 bits per heavy atom. The average molecular weight is 206 g/mol. The molecule has 1 aromatic heterocycles. The number of ether oxygens (including phenoxy) is 1. The number of alkyl halides is 2. The van der Waals surface area contributed by atoms with E-state index in [1.165, 1.54) is 0 Å². The summed E-state index contributed by atoms with van der Waals surface area (Å²) in [6.07, 6.45) is -4.97. The van der Waals surface area contributed by atoms with Crippen LogP contribution < -0.4 is 0 Å². The molecule has 1 aromatic rings. The van der Waals surface area contributed by atoms with Crippen molar-refractivity contribution in [2.45, 2.75) is 12.5 Å². The van der Waals surface area contributed by atoms with Crippen molar-refractivity contribution < 1.29 is 27.8 Å². The first-order valence-corrected chi connectivity index (χ1v) is 3.70. The molecule has 0 aliphatic carbocycles. The van der Waals surface area contributed by atoms with Gasteiger partial charge in [0.1, 0.15) is 5.76 Å². The van der Waals surface area contributed by atoms with Gasteiger partial charge in [0.25, 0.3) is 6.43 Å². The molecule has 0 saturated heterocycles. The van der Waals surface area contributed by atoms with E-state index in [1.807, 2.05) is 0 Å². The van der Waals surface area contributed by atoms with E-state index < -0.39 is 18.5 Å². The highest BCUT2D eigenvalue weighted by Gasteiger charge is 2.24. The Bertz CT molecular complexity index is 321. The highest BCUT2D eigenvalue weighted by Crippen LogP contribution is 2.22. The lowest BCUT2D eigenvalue weighted by atomic mass is 10.3. The van der Waals surface area contributed by atoms with Crippen molar-refractivity contribution >= 4 is 5.97 Å². The van der Waals surface area contributed by atoms with E-state index in [1.54, 1.807) is 0 Å². The number of aliphatic hydroxyl groups is 1. The van der Waals surface area contributed by atoms with Gasteiger partial charge in [-0.05, 0) is 12.1 Å². The van der Waals surface area contributed by atoms with Crippen LogP contribution in [0, 0.1) is 0 Å². The normalized spacial score (nSPS) is 12.9. The molecule has 0 bridgehead atoms. The van der Waals surface area contributed by atoms with E-state index >= 15 is 0 Å². The van der Waals surface area contributed by atoms with Crippen LogP contribution in [0.2, 0.25) is 0 Å². The van der Waals surface area contributed by atoms with Crippen LogP contribution >= 0.6 is 0 Å². The summed E-state index contributed by atoms with van der Waals surface area (Å²) >= 11 is 0. The average Bonchev–Trinajstić information content (AvgIpc) is 2.64. The number of aliphatic hydroxyl groups excluding tert-OH is 1. The Hall–Kier alpha value is -1.43. The molecule has 0 fully saturated rings. The fraction of sp³-hybridized carbons (Fsp3) is 0.375. The summed E-state index contributed by atoms with van der Waals surface area (Å²) in [5.74, 6) is -1.36. The first-order valence-electron chi connectivity index (χ1n) is 3.70. The van der Waals surface area contributed by atoms with Gasteiger partial charge in [0.15, 0.2) is 6.10 Å². The van der Waals surface area contributed by atoms with Crippen molar-refractivity contribution in [1.82, 2.24) is 0 Å². The molecule has 1 rings (SSSR count). The van der Waals surface area contributed by atoms with Gasteiger partial charge in [-0.25, -0.2) is 13.6 Å². The highest BCUT2D eigenvalue weighted by atomic mass is 19.3. The van der Waals surface area contributed by atoms with Gasteiger partial charge in [0.05, 0.1) is 7.11 Å². The van der Waals surface area contributed by atoms with Gasteiger partial charge in [-0.2, -0.15) is 0 Å².